The number of rotatable bonds is 10. The summed E-state index contributed by atoms with van der Waals surface area (Å²) in [6, 6.07) is 38.2. The van der Waals surface area contributed by atoms with Crippen molar-refractivity contribution in [1.82, 2.24) is 31.2 Å². The number of benzene rings is 3. The monoisotopic (exact) mass is 776 g/mol. The molecule has 3 amide bonds. The summed E-state index contributed by atoms with van der Waals surface area (Å²) in [5, 5.41) is 22.7. The van der Waals surface area contributed by atoms with E-state index in [4.69, 9.17) is 0 Å². The summed E-state index contributed by atoms with van der Waals surface area (Å²) in [6.07, 6.45) is 5.00. The van der Waals surface area contributed by atoms with E-state index in [-0.39, 0.29) is 23.1 Å². The van der Waals surface area contributed by atoms with Crippen molar-refractivity contribution in [2.45, 2.75) is 27.7 Å². The van der Waals surface area contributed by atoms with Crippen LogP contribution in [-0.2, 0) is 0 Å². The third kappa shape index (κ3) is 13.7. The quantitative estimate of drug-likeness (QED) is 0.0754. The lowest BCUT2D eigenvalue weighted by molar-refractivity contribution is -0.384. The van der Waals surface area contributed by atoms with E-state index in [0.717, 1.165) is 17.0 Å². The number of amides is 3. The molecule has 0 bridgehead atoms. The van der Waals surface area contributed by atoms with Crippen LogP contribution in [0.1, 0.15) is 74.5 Å². The summed E-state index contributed by atoms with van der Waals surface area (Å²) in [5.41, 5.74) is 13.5. The molecule has 0 unspecified atom stereocenters. The van der Waals surface area contributed by atoms with E-state index in [1.54, 1.807) is 69.7 Å². The number of carbonyl (C=O) groups excluding carboxylic acids is 3. The Bertz CT molecular complexity index is 2390. The standard InChI is InChI=1S/C15H15N3O.C14H12N4O3.C14H13N3O/c1-11-7-3-4-8-13(11)15(19)18-17-12(2)14-9-5-6-10-16-14;1-10(13-7-2-3-8-15-13)16-17-14(19)11-5-4-6-12(9-11)18(20)21;1-11(13-9-5-6-10-15-13)16-17-14(18)12-7-3-2-4-8-12/h3-10H,1-2H3,(H,18,19);2-9H,1H3,(H,17,19);2-10H,1H3,(H,17,18)/b17-12+;16-10+;16-11-. The average Bonchev–Trinajstić information content (AvgIpc) is 3.28. The summed E-state index contributed by atoms with van der Waals surface area (Å²) in [6.45, 7) is 7.20. The van der Waals surface area contributed by atoms with Crippen LogP contribution in [0.5, 0.6) is 0 Å². The van der Waals surface area contributed by atoms with Gasteiger partial charge in [-0.3, -0.25) is 39.4 Å². The van der Waals surface area contributed by atoms with E-state index >= 15 is 0 Å². The third-order valence-electron chi connectivity index (χ3n) is 7.83. The van der Waals surface area contributed by atoms with Gasteiger partial charge in [0.2, 0.25) is 0 Å². The molecule has 58 heavy (non-hydrogen) atoms. The summed E-state index contributed by atoms with van der Waals surface area (Å²) >= 11 is 0. The second-order valence-electron chi connectivity index (χ2n) is 12.0. The maximum atomic E-state index is 12.0. The molecule has 3 heterocycles. The molecular weight excluding hydrogens is 737 g/mol. The molecular formula is C43H40N10O5. The highest BCUT2D eigenvalue weighted by Crippen LogP contribution is 2.13. The third-order valence-corrected chi connectivity index (χ3v) is 7.83. The number of nitro groups is 1. The topological polar surface area (TPSA) is 206 Å². The normalized spacial score (nSPS) is 11.1. The molecule has 3 aromatic heterocycles. The molecule has 0 fully saturated rings. The van der Waals surface area contributed by atoms with Crippen molar-refractivity contribution in [3.8, 4) is 0 Å². The van der Waals surface area contributed by atoms with E-state index in [1.165, 1.54) is 24.3 Å². The molecule has 0 radical (unpaired) electrons. The minimum atomic E-state index is -0.556. The number of hydrazone groups is 3. The van der Waals surface area contributed by atoms with Gasteiger partial charge in [0.15, 0.2) is 0 Å². The smallest absolute Gasteiger partial charge is 0.267 e. The van der Waals surface area contributed by atoms with Crippen molar-refractivity contribution in [1.29, 1.82) is 0 Å². The first-order chi connectivity index (χ1) is 28.0. The molecule has 0 spiro atoms. The minimum Gasteiger partial charge on any atom is -0.267 e. The second kappa shape index (κ2) is 22.3. The predicted octanol–water partition coefficient (Wildman–Crippen LogP) is 6.92. The number of hydrogen-bond donors (Lipinski definition) is 3. The zero-order valence-corrected chi connectivity index (χ0v) is 32.1. The summed E-state index contributed by atoms with van der Waals surface area (Å²) in [7, 11) is 0. The Morgan fingerprint density at radius 3 is 1.38 bits per heavy atom. The summed E-state index contributed by atoms with van der Waals surface area (Å²) in [4.78, 5) is 58.1. The number of aromatic nitrogens is 3. The lowest BCUT2D eigenvalue weighted by Crippen LogP contribution is -2.20. The van der Waals surface area contributed by atoms with Crippen LogP contribution in [0.4, 0.5) is 5.69 Å². The Labute approximate surface area is 334 Å². The number of nitrogens with zero attached hydrogens (tertiary/aromatic N) is 7. The van der Waals surface area contributed by atoms with Crippen molar-refractivity contribution in [3.05, 3.63) is 202 Å². The number of pyridine rings is 3. The fourth-order valence-electron chi connectivity index (χ4n) is 4.67. The molecule has 15 nitrogen and oxygen atoms in total. The Hall–Kier alpha value is -8.07. The maximum absolute atomic E-state index is 12.0. The highest BCUT2D eigenvalue weighted by atomic mass is 16.6. The van der Waals surface area contributed by atoms with Crippen LogP contribution in [0.25, 0.3) is 0 Å². The Kier molecular flexibility index (Phi) is 16.4. The van der Waals surface area contributed by atoms with Crippen LogP contribution in [0.2, 0.25) is 0 Å². The first-order valence-corrected chi connectivity index (χ1v) is 17.7. The van der Waals surface area contributed by atoms with Crippen LogP contribution >= 0.6 is 0 Å². The van der Waals surface area contributed by atoms with E-state index in [1.807, 2.05) is 85.8 Å². The number of hydrogen-bond acceptors (Lipinski definition) is 11. The Morgan fingerprint density at radius 1 is 0.517 bits per heavy atom. The van der Waals surface area contributed by atoms with E-state index < -0.39 is 10.8 Å². The molecule has 3 N–H and O–H groups in total. The number of nitrogens with one attached hydrogen (secondary N) is 3. The van der Waals surface area contributed by atoms with Gasteiger partial charge in [-0.2, -0.15) is 15.3 Å². The fourth-order valence-corrected chi connectivity index (χ4v) is 4.67. The van der Waals surface area contributed by atoms with Gasteiger partial charge in [0, 0.05) is 47.4 Å². The highest BCUT2D eigenvalue weighted by Gasteiger charge is 2.11. The highest BCUT2D eigenvalue weighted by molar-refractivity contribution is 6.01. The second-order valence-corrected chi connectivity index (χ2v) is 12.0. The SMILES string of the molecule is C/C(=N/NC(=O)c1ccccc1)c1ccccn1.C/C(=N\NC(=O)c1cccc([N+](=O)[O-])c1)c1ccccn1.C/C(=N\NC(=O)c1ccccc1C)c1ccccn1. The number of nitro benzene ring substituents is 1. The van der Waals surface area contributed by atoms with Crippen LogP contribution in [0.3, 0.4) is 0 Å². The van der Waals surface area contributed by atoms with Gasteiger partial charge < -0.3 is 0 Å². The predicted molar refractivity (Wildman–Crippen MR) is 222 cm³/mol. The van der Waals surface area contributed by atoms with Gasteiger partial charge in [-0.05, 0) is 93.9 Å². The average molecular weight is 777 g/mol. The molecule has 0 atom stereocenters. The maximum Gasteiger partial charge on any atom is 0.271 e. The molecule has 292 valence electrons. The molecule has 6 aromatic rings. The largest absolute Gasteiger partial charge is 0.271 e. The van der Waals surface area contributed by atoms with Crippen molar-refractivity contribution >= 4 is 40.5 Å². The Balaban J connectivity index is 0.000000193. The zero-order chi connectivity index (χ0) is 41.7. The van der Waals surface area contributed by atoms with Crippen molar-refractivity contribution in [2.75, 3.05) is 0 Å². The van der Waals surface area contributed by atoms with E-state index in [2.05, 4.69) is 46.5 Å². The molecule has 0 aliphatic heterocycles. The number of carbonyl (C=O) groups is 3. The van der Waals surface area contributed by atoms with Gasteiger partial charge in [-0.1, -0.05) is 60.7 Å². The lowest BCUT2D eigenvalue weighted by atomic mass is 10.1. The van der Waals surface area contributed by atoms with Crippen LogP contribution in [0, 0.1) is 17.0 Å². The van der Waals surface area contributed by atoms with Crippen molar-refractivity contribution in [2.24, 2.45) is 15.3 Å². The number of non-ortho nitro benzene ring substituents is 1. The molecule has 15 heteroatoms. The molecule has 0 saturated heterocycles. The minimum absolute atomic E-state index is 0.145. The van der Waals surface area contributed by atoms with E-state index in [0.29, 0.717) is 34.0 Å². The molecule has 0 aliphatic rings. The van der Waals surface area contributed by atoms with Gasteiger partial charge in [0.05, 0.1) is 39.1 Å². The first-order valence-electron chi connectivity index (χ1n) is 17.7. The summed E-state index contributed by atoms with van der Waals surface area (Å²) < 4.78 is 0. The van der Waals surface area contributed by atoms with Gasteiger partial charge >= 0.3 is 0 Å². The van der Waals surface area contributed by atoms with Crippen LogP contribution in [-0.4, -0.2) is 54.7 Å². The molecule has 0 aliphatic carbocycles. The van der Waals surface area contributed by atoms with Gasteiger partial charge in [-0.25, -0.2) is 16.3 Å². The van der Waals surface area contributed by atoms with Crippen LogP contribution < -0.4 is 16.3 Å². The molecule has 3 aromatic carbocycles. The zero-order valence-electron chi connectivity index (χ0n) is 32.1. The molecule has 6 rings (SSSR count). The van der Waals surface area contributed by atoms with Gasteiger partial charge in [-0.15, -0.1) is 0 Å². The van der Waals surface area contributed by atoms with Gasteiger partial charge in [0.1, 0.15) is 0 Å². The van der Waals surface area contributed by atoms with E-state index in [9.17, 15) is 24.5 Å². The number of aryl methyl sites for hydroxylation is 1. The van der Waals surface area contributed by atoms with Crippen molar-refractivity contribution in [3.63, 3.8) is 0 Å². The van der Waals surface area contributed by atoms with Gasteiger partial charge in [0.25, 0.3) is 23.4 Å². The summed E-state index contributed by atoms with van der Waals surface area (Å²) in [5.74, 6) is -0.965. The Morgan fingerprint density at radius 2 is 0.931 bits per heavy atom. The lowest BCUT2D eigenvalue weighted by Gasteiger charge is -2.04. The first kappa shape index (κ1) is 42.7. The fraction of sp³-hybridized carbons (Fsp3) is 0.0930. The van der Waals surface area contributed by atoms with Crippen LogP contribution in [0.15, 0.2) is 167 Å². The van der Waals surface area contributed by atoms with Crippen molar-refractivity contribution < 1.29 is 19.3 Å². The molecule has 0 saturated carbocycles.